The molecule has 2 amide bonds. The van der Waals surface area contributed by atoms with Crippen LogP contribution in [0.5, 0.6) is 0 Å². The van der Waals surface area contributed by atoms with Gasteiger partial charge < -0.3 is 9.80 Å². The molecule has 2 saturated heterocycles. The van der Waals surface area contributed by atoms with E-state index in [4.69, 9.17) is 0 Å². The molecule has 0 radical (unpaired) electrons. The first-order valence-electron chi connectivity index (χ1n) is 11.8. The van der Waals surface area contributed by atoms with Crippen molar-refractivity contribution in [3.63, 3.8) is 0 Å². The van der Waals surface area contributed by atoms with Crippen molar-refractivity contribution >= 4 is 34.6 Å². The molecule has 2 heterocycles. The fourth-order valence-electron chi connectivity index (χ4n) is 5.61. The van der Waals surface area contributed by atoms with Crippen LogP contribution in [0.15, 0.2) is 42.5 Å². The van der Waals surface area contributed by atoms with Crippen LogP contribution in [-0.4, -0.2) is 42.9 Å². The predicted octanol–water partition coefficient (Wildman–Crippen LogP) is 3.99. The van der Waals surface area contributed by atoms with E-state index in [0.717, 1.165) is 11.3 Å². The van der Waals surface area contributed by atoms with E-state index in [0.29, 0.717) is 56.3 Å². The third-order valence-electron chi connectivity index (χ3n) is 7.42. The second-order valence-electron chi connectivity index (χ2n) is 9.50. The zero-order valence-corrected chi connectivity index (χ0v) is 19.0. The highest BCUT2D eigenvalue weighted by Crippen LogP contribution is 2.43. The third kappa shape index (κ3) is 3.78. The van der Waals surface area contributed by atoms with E-state index in [-0.39, 0.29) is 40.8 Å². The van der Waals surface area contributed by atoms with Crippen LogP contribution in [0, 0.1) is 33.7 Å². The van der Waals surface area contributed by atoms with Crippen LogP contribution in [0.4, 0.5) is 27.1 Å². The molecule has 3 fully saturated rings. The lowest BCUT2D eigenvalue weighted by atomic mass is 9.76. The monoisotopic (exact) mass is 466 g/mol. The average Bonchev–Trinajstić information content (AvgIpc) is 3.08. The SMILES string of the molecule is CC1CCC2C(=O)N(c3ccc(N4CCN(c5ccccc5F)CC4)c([N+](=O)[O-])c3)C(=O)C2C1. The minimum absolute atomic E-state index is 0.138. The summed E-state index contributed by atoms with van der Waals surface area (Å²) in [5.41, 5.74) is 1.08. The maximum absolute atomic E-state index is 14.1. The van der Waals surface area contributed by atoms with Crippen molar-refractivity contribution in [2.75, 3.05) is 40.9 Å². The molecule has 2 aromatic rings. The van der Waals surface area contributed by atoms with Gasteiger partial charge >= 0.3 is 0 Å². The Morgan fingerprint density at radius 1 is 0.912 bits per heavy atom. The Balaban J connectivity index is 1.38. The Kier molecular flexibility index (Phi) is 5.71. The Labute approximate surface area is 197 Å². The number of hydrogen-bond donors (Lipinski definition) is 0. The summed E-state index contributed by atoms with van der Waals surface area (Å²) >= 11 is 0. The van der Waals surface area contributed by atoms with E-state index in [2.05, 4.69) is 6.92 Å². The van der Waals surface area contributed by atoms with E-state index in [9.17, 15) is 24.1 Å². The van der Waals surface area contributed by atoms with Gasteiger partial charge in [-0.2, -0.15) is 0 Å². The minimum Gasteiger partial charge on any atom is -0.366 e. The van der Waals surface area contributed by atoms with Crippen LogP contribution < -0.4 is 14.7 Å². The number of fused-ring (bicyclic) bond motifs is 1. The molecule has 3 unspecified atom stereocenters. The summed E-state index contributed by atoms with van der Waals surface area (Å²) in [7, 11) is 0. The normalized spacial score (nSPS) is 25.0. The first-order valence-corrected chi connectivity index (χ1v) is 11.8. The van der Waals surface area contributed by atoms with Crippen LogP contribution in [0.2, 0.25) is 0 Å². The summed E-state index contributed by atoms with van der Waals surface area (Å²) in [4.78, 5) is 42.5. The van der Waals surface area contributed by atoms with E-state index >= 15 is 0 Å². The van der Waals surface area contributed by atoms with Crippen molar-refractivity contribution in [3.05, 3.63) is 58.4 Å². The van der Waals surface area contributed by atoms with Gasteiger partial charge in [-0.15, -0.1) is 0 Å². The van der Waals surface area contributed by atoms with Crippen LogP contribution >= 0.6 is 0 Å². The maximum atomic E-state index is 14.1. The fraction of sp³-hybridized carbons (Fsp3) is 0.440. The molecule has 0 spiro atoms. The number of imide groups is 1. The molecule has 0 aromatic heterocycles. The number of nitro groups is 1. The zero-order valence-electron chi connectivity index (χ0n) is 19.0. The molecule has 3 aliphatic rings. The van der Waals surface area contributed by atoms with Crippen LogP contribution in [0.25, 0.3) is 0 Å². The summed E-state index contributed by atoms with van der Waals surface area (Å²) < 4.78 is 14.1. The first kappa shape index (κ1) is 22.3. The zero-order chi connectivity index (χ0) is 24.0. The number of carbonyl (C=O) groups is 2. The summed E-state index contributed by atoms with van der Waals surface area (Å²) in [6, 6.07) is 11.2. The topological polar surface area (TPSA) is 87.0 Å². The molecule has 9 heteroatoms. The van der Waals surface area contributed by atoms with E-state index in [1.165, 1.54) is 12.1 Å². The van der Waals surface area contributed by atoms with Gasteiger partial charge in [-0.25, -0.2) is 9.29 Å². The molecule has 8 nitrogen and oxygen atoms in total. The number of amides is 2. The molecular formula is C25H27FN4O4. The Hall–Kier alpha value is -3.49. The van der Waals surface area contributed by atoms with E-state index < -0.39 is 4.92 Å². The van der Waals surface area contributed by atoms with Gasteiger partial charge in [0, 0.05) is 32.2 Å². The highest BCUT2D eigenvalue weighted by atomic mass is 19.1. The average molecular weight is 467 g/mol. The van der Waals surface area contributed by atoms with Crippen molar-refractivity contribution in [3.8, 4) is 0 Å². The van der Waals surface area contributed by atoms with Crippen molar-refractivity contribution in [1.82, 2.24) is 0 Å². The van der Waals surface area contributed by atoms with Gasteiger partial charge in [0.2, 0.25) is 11.8 Å². The summed E-state index contributed by atoms with van der Waals surface area (Å²) in [6.45, 7) is 4.09. The number of rotatable bonds is 4. The number of nitrogens with zero attached hydrogens (tertiary/aromatic N) is 4. The molecule has 0 bridgehead atoms. The van der Waals surface area contributed by atoms with Crippen molar-refractivity contribution in [2.45, 2.75) is 26.2 Å². The highest BCUT2D eigenvalue weighted by molar-refractivity contribution is 6.22. The number of hydrogen-bond acceptors (Lipinski definition) is 6. The lowest BCUT2D eigenvalue weighted by Crippen LogP contribution is -2.47. The van der Waals surface area contributed by atoms with Gasteiger partial charge in [0.1, 0.15) is 11.5 Å². The standard InChI is InChI=1S/C25H27FN4O4/c1-16-6-8-18-19(14-16)25(32)29(24(18)31)17-7-9-22(23(15-17)30(33)34)28-12-10-27(11-13-28)21-5-3-2-4-20(21)26/h2-5,7,9,15-16,18-19H,6,8,10-14H2,1H3. The Morgan fingerprint density at radius 2 is 1.56 bits per heavy atom. The number of piperazine rings is 1. The number of carbonyl (C=O) groups excluding carboxylic acids is 2. The molecule has 2 aromatic carbocycles. The van der Waals surface area contributed by atoms with Gasteiger partial charge in [0.25, 0.3) is 5.69 Å². The third-order valence-corrected chi connectivity index (χ3v) is 7.42. The summed E-state index contributed by atoms with van der Waals surface area (Å²) in [6.07, 6.45) is 2.27. The summed E-state index contributed by atoms with van der Waals surface area (Å²) in [5.74, 6) is -1.06. The van der Waals surface area contributed by atoms with Gasteiger partial charge in [0.15, 0.2) is 0 Å². The van der Waals surface area contributed by atoms with Crippen molar-refractivity contribution in [2.24, 2.45) is 17.8 Å². The van der Waals surface area contributed by atoms with Crippen molar-refractivity contribution < 1.29 is 18.9 Å². The van der Waals surface area contributed by atoms with Gasteiger partial charge in [-0.05, 0) is 49.4 Å². The molecule has 1 saturated carbocycles. The first-order chi connectivity index (χ1) is 16.3. The second kappa shape index (κ2) is 8.70. The smallest absolute Gasteiger partial charge is 0.294 e. The van der Waals surface area contributed by atoms with Gasteiger partial charge in [-0.3, -0.25) is 19.7 Å². The number of benzene rings is 2. The van der Waals surface area contributed by atoms with Crippen molar-refractivity contribution in [1.29, 1.82) is 0 Å². The molecule has 5 rings (SSSR count). The predicted molar refractivity (Wildman–Crippen MR) is 126 cm³/mol. The minimum atomic E-state index is -0.470. The number of anilines is 3. The number of para-hydroxylation sites is 1. The largest absolute Gasteiger partial charge is 0.366 e. The Bertz CT molecular complexity index is 1150. The maximum Gasteiger partial charge on any atom is 0.294 e. The molecule has 178 valence electrons. The number of halogens is 1. The summed E-state index contributed by atoms with van der Waals surface area (Å²) in [5, 5.41) is 11.9. The quantitative estimate of drug-likeness (QED) is 0.385. The fourth-order valence-corrected chi connectivity index (χ4v) is 5.61. The lowest BCUT2D eigenvalue weighted by molar-refractivity contribution is -0.384. The van der Waals surface area contributed by atoms with E-state index in [1.54, 1.807) is 30.3 Å². The Morgan fingerprint density at radius 3 is 2.24 bits per heavy atom. The highest BCUT2D eigenvalue weighted by Gasteiger charge is 2.50. The molecule has 3 atom stereocenters. The van der Waals surface area contributed by atoms with Crippen LogP contribution in [0.1, 0.15) is 26.2 Å². The van der Waals surface area contributed by atoms with E-state index in [1.807, 2.05) is 9.80 Å². The number of nitro benzene ring substituents is 1. The molecule has 0 N–H and O–H groups in total. The van der Waals surface area contributed by atoms with Crippen LogP contribution in [-0.2, 0) is 9.59 Å². The molecule has 1 aliphatic carbocycles. The lowest BCUT2D eigenvalue weighted by Gasteiger charge is -2.37. The second-order valence-corrected chi connectivity index (χ2v) is 9.50. The molecule has 34 heavy (non-hydrogen) atoms. The van der Waals surface area contributed by atoms with Gasteiger partial charge in [-0.1, -0.05) is 19.1 Å². The van der Waals surface area contributed by atoms with Gasteiger partial charge in [0.05, 0.1) is 28.1 Å². The van der Waals surface area contributed by atoms with Crippen LogP contribution in [0.3, 0.4) is 0 Å². The molecular weight excluding hydrogens is 439 g/mol. The molecule has 2 aliphatic heterocycles.